The van der Waals surface area contributed by atoms with Crippen molar-refractivity contribution < 1.29 is 0 Å². The Hall–Kier alpha value is -0.305. The molecule has 0 fully saturated rings. The molecule has 0 aromatic rings. The average molecular weight is 139 g/mol. The van der Waals surface area contributed by atoms with Crippen molar-refractivity contribution in [1.82, 2.24) is 0 Å². The third kappa shape index (κ3) is 5.57. The first-order valence-corrected chi connectivity index (χ1v) is 3.13. The molecule has 0 aromatic heterocycles. The molecule has 1 nitrogen and oxygen atoms in total. The Bertz CT molecular complexity index is 136. The molecule has 0 heterocycles. The maximum absolute atomic E-state index is 5.38. The van der Waals surface area contributed by atoms with Gasteiger partial charge in [-0.05, 0) is 29.9 Å². The van der Waals surface area contributed by atoms with Gasteiger partial charge in [0.2, 0.25) is 0 Å². The monoisotopic (exact) mass is 139 g/mol. The summed E-state index contributed by atoms with van der Waals surface area (Å²) in [5.41, 5.74) is 6.05. The SMILES string of the molecule is [B]C/C(N)=C\C=C(/C)S. The molecular formula is C6H10BNS. The topological polar surface area (TPSA) is 26.0 Å². The number of hydrogen-bond acceptors (Lipinski definition) is 2. The van der Waals surface area contributed by atoms with Crippen molar-refractivity contribution in [3.63, 3.8) is 0 Å². The second-order valence-corrected chi connectivity index (χ2v) is 2.46. The minimum absolute atomic E-state index is 0.400. The molecule has 0 amide bonds. The predicted molar refractivity (Wildman–Crippen MR) is 45.6 cm³/mol. The van der Waals surface area contributed by atoms with E-state index in [0.29, 0.717) is 12.0 Å². The number of nitrogens with two attached hydrogens (primary N) is 1. The van der Waals surface area contributed by atoms with E-state index in [9.17, 15) is 0 Å². The summed E-state index contributed by atoms with van der Waals surface area (Å²) in [5.74, 6) is 0. The molecule has 0 aliphatic rings. The fraction of sp³-hybridized carbons (Fsp3) is 0.333. The summed E-state index contributed by atoms with van der Waals surface area (Å²) in [6.07, 6.45) is 3.96. The van der Waals surface area contributed by atoms with Gasteiger partial charge >= 0.3 is 0 Å². The van der Waals surface area contributed by atoms with Crippen LogP contribution < -0.4 is 5.73 Å². The first-order chi connectivity index (χ1) is 4.16. The highest BCUT2D eigenvalue weighted by atomic mass is 32.1. The van der Waals surface area contributed by atoms with Gasteiger partial charge in [0.25, 0.3) is 0 Å². The summed E-state index contributed by atoms with van der Waals surface area (Å²) in [6.45, 7) is 1.88. The van der Waals surface area contributed by atoms with Crippen molar-refractivity contribution >= 4 is 20.5 Å². The molecule has 0 bridgehead atoms. The van der Waals surface area contributed by atoms with E-state index in [1.165, 1.54) is 0 Å². The molecule has 0 saturated heterocycles. The molecule has 2 N–H and O–H groups in total. The number of allylic oxidation sites excluding steroid dienone is 4. The molecule has 0 unspecified atom stereocenters. The van der Waals surface area contributed by atoms with Gasteiger partial charge in [-0.25, -0.2) is 0 Å². The van der Waals surface area contributed by atoms with E-state index in [0.717, 1.165) is 4.91 Å². The molecule has 3 heteroatoms. The lowest BCUT2D eigenvalue weighted by Crippen LogP contribution is -1.93. The zero-order chi connectivity index (χ0) is 7.28. The normalized spacial score (nSPS) is 14.0. The second kappa shape index (κ2) is 4.56. The highest BCUT2D eigenvalue weighted by Crippen LogP contribution is 1.98. The Morgan fingerprint density at radius 1 is 1.67 bits per heavy atom. The van der Waals surface area contributed by atoms with Crippen molar-refractivity contribution in [3.8, 4) is 0 Å². The predicted octanol–water partition coefficient (Wildman–Crippen LogP) is 1.25. The van der Waals surface area contributed by atoms with Gasteiger partial charge in [0.15, 0.2) is 0 Å². The Labute approximate surface area is 62.8 Å². The third-order valence-corrected chi connectivity index (χ3v) is 0.923. The van der Waals surface area contributed by atoms with Crippen LogP contribution in [0.15, 0.2) is 22.8 Å². The average Bonchev–Trinajstić information content (AvgIpc) is 1.83. The quantitative estimate of drug-likeness (QED) is 0.336. The number of rotatable bonds is 2. The van der Waals surface area contributed by atoms with E-state index in [1.807, 2.05) is 13.0 Å². The van der Waals surface area contributed by atoms with Gasteiger partial charge in [0, 0.05) is 0 Å². The summed E-state index contributed by atoms with van der Waals surface area (Å²) in [6, 6.07) is 0. The van der Waals surface area contributed by atoms with Crippen LogP contribution in [0.4, 0.5) is 0 Å². The maximum atomic E-state index is 5.38. The van der Waals surface area contributed by atoms with Crippen molar-refractivity contribution in [2.75, 3.05) is 0 Å². The van der Waals surface area contributed by atoms with Crippen LogP contribution in [0.5, 0.6) is 0 Å². The molecule has 2 radical (unpaired) electrons. The van der Waals surface area contributed by atoms with Gasteiger partial charge < -0.3 is 5.73 Å². The second-order valence-electron chi connectivity index (χ2n) is 1.75. The highest BCUT2D eigenvalue weighted by molar-refractivity contribution is 7.84. The molecule has 0 aliphatic heterocycles. The lowest BCUT2D eigenvalue weighted by molar-refractivity contribution is 1.31. The van der Waals surface area contributed by atoms with Crippen LogP contribution in [-0.4, -0.2) is 7.85 Å². The van der Waals surface area contributed by atoms with E-state index < -0.39 is 0 Å². The summed E-state index contributed by atoms with van der Waals surface area (Å²) in [7, 11) is 5.21. The Balaban J connectivity index is 3.83. The molecule has 0 aromatic carbocycles. The molecule has 0 spiro atoms. The zero-order valence-electron chi connectivity index (χ0n) is 5.46. The minimum atomic E-state index is 0.400. The molecular weight excluding hydrogens is 129 g/mol. The van der Waals surface area contributed by atoms with Crippen molar-refractivity contribution in [2.45, 2.75) is 13.2 Å². The van der Waals surface area contributed by atoms with Gasteiger partial charge in [0.05, 0.1) is 7.85 Å². The number of hydrogen-bond donors (Lipinski definition) is 2. The van der Waals surface area contributed by atoms with Crippen molar-refractivity contribution in [1.29, 1.82) is 0 Å². The van der Waals surface area contributed by atoms with Crippen LogP contribution in [0.1, 0.15) is 6.92 Å². The molecule has 0 saturated carbocycles. The maximum Gasteiger partial charge on any atom is 0.0736 e. The largest absolute Gasteiger partial charge is 0.403 e. The first-order valence-electron chi connectivity index (χ1n) is 2.68. The van der Waals surface area contributed by atoms with E-state index >= 15 is 0 Å². The summed E-state index contributed by atoms with van der Waals surface area (Å²) in [4.78, 5) is 0.923. The lowest BCUT2D eigenvalue weighted by Gasteiger charge is -1.90. The van der Waals surface area contributed by atoms with Gasteiger partial charge in [-0.2, -0.15) is 0 Å². The van der Waals surface area contributed by atoms with Crippen LogP contribution in [0.25, 0.3) is 0 Å². The number of thiol groups is 1. The van der Waals surface area contributed by atoms with E-state index in [-0.39, 0.29) is 0 Å². The van der Waals surface area contributed by atoms with Crippen molar-refractivity contribution in [2.24, 2.45) is 5.73 Å². The fourth-order valence-electron chi connectivity index (χ4n) is 0.296. The minimum Gasteiger partial charge on any atom is -0.403 e. The fourth-order valence-corrected chi connectivity index (χ4v) is 0.370. The van der Waals surface area contributed by atoms with Gasteiger partial charge in [-0.3, -0.25) is 0 Å². The standard InChI is InChI=1S/C6H10BNS/c1-5(9)2-3-6(8)4-7/h2-3,9H,4,8H2,1H3/b5-2+,6-3+. The smallest absolute Gasteiger partial charge is 0.0736 e. The molecule has 48 valence electrons. The van der Waals surface area contributed by atoms with Crippen LogP contribution in [0.2, 0.25) is 6.32 Å². The van der Waals surface area contributed by atoms with Gasteiger partial charge in [0.1, 0.15) is 0 Å². The molecule has 0 atom stereocenters. The lowest BCUT2D eigenvalue weighted by atomic mass is 10.0. The van der Waals surface area contributed by atoms with Crippen LogP contribution in [0, 0.1) is 0 Å². The summed E-state index contributed by atoms with van der Waals surface area (Å²) >= 11 is 4.03. The first kappa shape index (κ1) is 8.69. The van der Waals surface area contributed by atoms with Crippen LogP contribution >= 0.6 is 12.6 Å². The molecule has 0 aliphatic carbocycles. The highest BCUT2D eigenvalue weighted by Gasteiger charge is 1.79. The third-order valence-electron chi connectivity index (χ3n) is 0.774. The molecule has 9 heavy (non-hydrogen) atoms. The van der Waals surface area contributed by atoms with E-state index in [4.69, 9.17) is 13.6 Å². The summed E-state index contributed by atoms with van der Waals surface area (Å²) in [5, 5.41) is 0. The van der Waals surface area contributed by atoms with Gasteiger partial charge in [-0.1, -0.05) is 6.08 Å². The van der Waals surface area contributed by atoms with Crippen molar-refractivity contribution in [3.05, 3.63) is 22.8 Å². The Morgan fingerprint density at radius 2 is 2.22 bits per heavy atom. The summed E-state index contributed by atoms with van der Waals surface area (Å²) < 4.78 is 0. The zero-order valence-corrected chi connectivity index (χ0v) is 6.36. The van der Waals surface area contributed by atoms with Gasteiger partial charge in [-0.15, -0.1) is 12.6 Å². The Morgan fingerprint density at radius 3 is 2.56 bits per heavy atom. The van der Waals surface area contributed by atoms with Crippen LogP contribution in [-0.2, 0) is 0 Å². The van der Waals surface area contributed by atoms with Crippen LogP contribution in [0.3, 0.4) is 0 Å². The molecule has 0 rings (SSSR count). The van der Waals surface area contributed by atoms with E-state index in [2.05, 4.69) is 12.6 Å². The van der Waals surface area contributed by atoms with E-state index in [1.54, 1.807) is 6.08 Å². The Kier molecular flexibility index (Phi) is 4.41.